The van der Waals surface area contributed by atoms with Gasteiger partial charge in [-0.2, -0.15) is 0 Å². The fraction of sp³-hybridized carbons (Fsp3) is 0.400. The van der Waals surface area contributed by atoms with Crippen molar-refractivity contribution in [3.05, 3.63) is 36.0 Å². The largest absolute Gasteiger partial charge is 0.485 e. The zero-order valence-electron chi connectivity index (χ0n) is 11.2. The number of aryl methyl sites for hydroxylation is 1. The smallest absolute Gasteiger partial charge is 0.146 e. The van der Waals surface area contributed by atoms with Gasteiger partial charge < -0.3 is 15.2 Å². The first-order valence-electron chi connectivity index (χ1n) is 6.50. The summed E-state index contributed by atoms with van der Waals surface area (Å²) in [7, 11) is 1.67. The summed E-state index contributed by atoms with van der Waals surface area (Å²) in [6.07, 6.45) is 0.814. The first-order chi connectivity index (χ1) is 9.19. The second-order valence-electron chi connectivity index (χ2n) is 5.04. The van der Waals surface area contributed by atoms with Crippen LogP contribution >= 0.6 is 0 Å². The van der Waals surface area contributed by atoms with Crippen molar-refractivity contribution in [2.75, 3.05) is 7.11 Å². The van der Waals surface area contributed by atoms with Crippen molar-refractivity contribution in [2.45, 2.75) is 31.6 Å². The fourth-order valence-corrected chi connectivity index (χ4v) is 2.53. The molecule has 1 fully saturated rings. The molecule has 2 aromatic rings. The van der Waals surface area contributed by atoms with E-state index in [0.29, 0.717) is 0 Å². The Bertz CT molecular complexity index is 600. The van der Waals surface area contributed by atoms with Crippen LogP contribution in [0.4, 0.5) is 0 Å². The van der Waals surface area contributed by atoms with E-state index in [0.717, 1.165) is 28.8 Å². The van der Waals surface area contributed by atoms with Gasteiger partial charge in [0, 0.05) is 30.7 Å². The first-order valence-corrected chi connectivity index (χ1v) is 6.50. The van der Waals surface area contributed by atoms with Crippen molar-refractivity contribution in [1.82, 2.24) is 4.98 Å². The number of ether oxygens (including phenoxy) is 2. The minimum absolute atomic E-state index is 0.0212. The second kappa shape index (κ2) is 4.79. The zero-order chi connectivity index (χ0) is 13.4. The van der Waals surface area contributed by atoms with Crippen molar-refractivity contribution >= 4 is 10.9 Å². The highest BCUT2D eigenvalue weighted by molar-refractivity contribution is 5.84. The lowest BCUT2D eigenvalue weighted by atomic mass is 9.86. The number of pyridine rings is 1. The van der Waals surface area contributed by atoms with Gasteiger partial charge in [0.15, 0.2) is 0 Å². The van der Waals surface area contributed by atoms with E-state index in [4.69, 9.17) is 15.2 Å². The van der Waals surface area contributed by atoms with Gasteiger partial charge in [0.25, 0.3) is 0 Å². The Labute approximate surface area is 112 Å². The Kier molecular flexibility index (Phi) is 3.12. The second-order valence-corrected chi connectivity index (χ2v) is 5.04. The maximum atomic E-state index is 6.02. The normalized spacial score (nSPS) is 26.2. The molecule has 1 saturated carbocycles. The van der Waals surface area contributed by atoms with Crippen LogP contribution in [0.2, 0.25) is 0 Å². The van der Waals surface area contributed by atoms with Crippen LogP contribution in [0, 0.1) is 6.92 Å². The van der Waals surface area contributed by atoms with E-state index in [-0.39, 0.29) is 18.2 Å². The third-order valence-electron chi connectivity index (χ3n) is 3.67. The highest BCUT2D eigenvalue weighted by Gasteiger charge is 2.41. The summed E-state index contributed by atoms with van der Waals surface area (Å²) in [5.41, 5.74) is 7.78. The van der Waals surface area contributed by atoms with Gasteiger partial charge in [-0.3, -0.25) is 0 Å². The predicted molar refractivity (Wildman–Crippen MR) is 74.3 cm³/mol. The van der Waals surface area contributed by atoms with Crippen LogP contribution in [0.25, 0.3) is 10.9 Å². The van der Waals surface area contributed by atoms with Gasteiger partial charge in [0.1, 0.15) is 23.5 Å². The quantitative estimate of drug-likeness (QED) is 0.915. The van der Waals surface area contributed by atoms with Gasteiger partial charge in [0.05, 0.1) is 0 Å². The van der Waals surface area contributed by atoms with Gasteiger partial charge in [0.2, 0.25) is 0 Å². The van der Waals surface area contributed by atoms with Gasteiger partial charge >= 0.3 is 0 Å². The Morgan fingerprint density at radius 2 is 2.11 bits per heavy atom. The monoisotopic (exact) mass is 258 g/mol. The molecule has 1 heterocycles. The number of hydrogen-bond acceptors (Lipinski definition) is 4. The average molecular weight is 258 g/mol. The fourth-order valence-electron chi connectivity index (χ4n) is 2.53. The van der Waals surface area contributed by atoms with Gasteiger partial charge in [-0.15, -0.1) is 0 Å². The molecular formula is C15H18N2O2. The molecule has 1 aromatic carbocycles. The maximum Gasteiger partial charge on any atom is 0.146 e. The Balaban J connectivity index is 1.91. The predicted octanol–water partition coefficient (Wildman–Crippen LogP) is 2.04. The molecule has 19 heavy (non-hydrogen) atoms. The number of methoxy groups -OCH3 is 1. The van der Waals surface area contributed by atoms with E-state index in [1.54, 1.807) is 7.11 Å². The lowest BCUT2D eigenvalue weighted by molar-refractivity contribution is -0.0777. The van der Waals surface area contributed by atoms with Gasteiger partial charge in [-0.1, -0.05) is 18.2 Å². The Morgan fingerprint density at radius 1 is 1.26 bits per heavy atom. The molecule has 1 aromatic heterocycles. The van der Waals surface area contributed by atoms with Crippen LogP contribution in [0.5, 0.6) is 5.75 Å². The van der Waals surface area contributed by atoms with Gasteiger partial charge in [-0.25, -0.2) is 4.98 Å². The number of para-hydroxylation sites is 1. The lowest BCUT2D eigenvalue weighted by Gasteiger charge is -2.41. The van der Waals surface area contributed by atoms with E-state index in [1.165, 1.54) is 0 Å². The van der Waals surface area contributed by atoms with E-state index in [2.05, 4.69) is 11.1 Å². The van der Waals surface area contributed by atoms with Gasteiger partial charge in [-0.05, 0) is 19.1 Å². The molecule has 0 radical (unpaired) electrons. The molecule has 4 heteroatoms. The zero-order valence-corrected chi connectivity index (χ0v) is 11.2. The Morgan fingerprint density at radius 3 is 2.84 bits per heavy atom. The van der Waals surface area contributed by atoms with Crippen molar-refractivity contribution < 1.29 is 9.47 Å². The van der Waals surface area contributed by atoms with E-state index >= 15 is 0 Å². The topological polar surface area (TPSA) is 57.4 Å². The van der Waals surface area contributed by atoms with Crippen LogP contribution < -0.4 is 10.5 Å². The summed E-state index contributed by atoms with van der Waals surface area (Å²) in [5.74, 6) is 0.806. The molecule has 4 nitrogen and oxygen atoms in total. The summed E-state index contributed by atoms with van der Waals surface area (Å²) >= 11 is 0. The minimum Gasteiger partial charge on any atom is -0.485 e. The molecular weight excluding hydrogens is 240 g/mol. The minimum atomic E-state index is -0.0277. The number of nitrogens with zero attached hydrogens (tertiary/aromatic N) is 1. The molecule has 0 saturated heterocycles. The summed E-state index contributed by atoms with van der Waals surface area (Å²) in [4.78, 5) is 4.56. The van der Waals surface area contributed by atoms with E-state index < -0.39 is 0 Å². The highest BCUT2D eigenvalue weighted by atomic mass is 16.5. The standard InChI is InChI=1S/C15H18N2O2/c1-9-6-7-10-4-3-5-12(14(10)17-9)19-13-8-11(16)15(13)18-2/h3-7,11,13,15H,8,16H2,1-2H3. The maximum absolute atomic E-state index is 6.02. The molecule has 3 rings (SSSR count). The molecule has 1 aliphatic carbocycles. The molecule has 0 bridgehead atoms. The molecule has 3 atom stereocenters. The number of aromatic nitrogens is 1. The molecule has 0 aliphatic heterocycles. The number of nitrogens with two attached hydrogens (primary N) is 1. The SMILES string of the molecule is COC1C(N)CC1Oc1cccc2ccc(C)nc12. The highest BCUT2D eigenvalue weighted by Crippen LogP contribution is 2.31. The van der Waals surface area contributed by atoms with Crippen molar-refractivity contribution in [3.8, 4) is 5.75 Å². The first kappa shape index (κ1) is 12.4. The van der Waals surface area contributed by atoms with Crippen molar-refractivity contribution in [1.29, 1.82) is 0 Å². The molecule has 100 valence electrons. The molecule has 2 N–H and O–H groups in total. The third-order valence-corrected chi connectivity index (χ3v) is 3.67. The van der Waals surface area contributed by atoms with Crippen LogP contribution in [-0.4, -0.2) is 30.3 Å². The van der Waals surface area contributed by atoms with Crippen LogP contribution in [0.3, 0.4) is 0 Å². The van der Waals surface area contributed by atoms with Crippen LogP contribution in [0.1, 0.15) is 12.1 Å². The van der Waals surface area contributed by atoms with Crippen LogP contribution in [0.15, 0.2) is 30.3 Å². The summed E-state index contributed by atoms with van der Waals surface area (Å²) in [6, 6.07) is 10.1. The lowest BCUT2D eigenvalue weighted by Crippen LogP contribution is -2.59. The number of hydrogen-bond donors (Lipinski definition) is 1. The molecule has 1 aliphatic rings. The summed E-state index contributed by atoms with van der Waals surface area (Å²) in [5, 5.41) is 1.08. The van der Waals surface area contributed by atoms with Crippen LogP contribution in [-0.2, 0) is 4.74 Å². The molecule has 3 unspecified atom stereocenters. The average Bonchev–Trinajstić information content (AvgIpc) is 2.39. The molecule has 0 spiro atoms. The Hall–Kier alpha value is -1.65. The summed E-state index contributed by atoms with van der Waals surface area (Å²) in [6.45, 7) is 1.98. The third kappa shape index (κ3) is 2.17. The van der Waals surface area contributed by atoms with E-state index in [1.807, 2.05) is 31.2 Å². The summed E-state index contributed by atoms with van der Waals surface area (Å²) < 4.78 is 11.4. The van der Waals surface area contributed by atoms with E-state index in [9.17, 15) is 0 Å². The number of rotatable bonds is 3. The van der Waals surface area contributed by atoms with Crippen molar-refractivity contribution in [2.24, 2.45) is 5.73 Å². The van der Waals surface area contributed by atoms with Crippen molar-refractivity contribution in [3.63, 3.8) is 0 Å². The number of benzene rings is 1. The number of fused-ring (bicyclic) bond motifs is 1. The molecule has 0 amide bonds.